The molecule has 0 radical (unpaired) electrons. The van der Waals surface area contributed by atoms with E-state index in [2.05, 4.69) is 80.4 Å². The van der Waals surface area contributed by atoms with Crippen LogP contribution < -0.4 is 0 Å². The quantitative estimate of drug-likeness (QED) is 0.348. The number of aromatic hydroxyl groups is 1. The van der Waals surface area contributed by atoms with Crippen molar-refractivity contribution in [2.45, 2.75) is 31.1 Å². The van der Waals surface area contributed by atoms with E-state index in [1.165, 1.54) is 37.8 Å². The Morgan fingerprint density at radius 2 is 1.88 bits per heavy atom. The number of halogens is 1. The second kappa shape index (κ2) is 8.34. The van der Waals surface area contributed by atoms with E-state index in [9.17, 15) is 5.11 Å². The summed E-state index contributed by atoms with van der Waals surface area (Å²) in [7, 11) is 0. The fourth-order valence-electron chi connectivity index (χ4n) is 6.33. The molecule has 3 aromatic carbocycles. The smallest absolute Gasteiger partial charge is 0.115 e. The number of benzene rings is 3. The van der Waals surface area contributed by atoms with Gasteiger partial charge in [-0.15, -0.1) is 0 Å². The highest BCUT2D eigenvalue weighted by Crippen LogP contribution is 2.50. The van der Waals surface area contributed by atoms with Crippen LogP contribution in [0.3, 0.4) is 0 Å². The minimum absolute atomic E-state index is 0.0579. The molecule has 4 heteroatoms. The Kier molecular flexibility index (Phi) is 5.31. The Morgan fingerprint density at radius 1 is 1.03 bits per heavy atom. The summed E-state index contributed by atoms with van der Waals surface area (Å²) < 4.78 is 1.18. The molecule has 1 aromatic heterocycles. The highest BCUT2D eigenvalue weighted by Gasteiger charge is 2.48. The third-order valence-electron chi connectivity index (χ3n) is 8.02. The molecule has 2 N–H and O–H groups in total. The van der Waals surface area contributed by atoms with Crippen LogP contribution in [0.4, 0.5) is 0 Å². The van der Waals surface area contributed by atoms with E-state index < -0.39 is 0 Å². The van der Waals surface area contributed by atoms with Crippen LogP contribution in [0.2, 0.25) is 0 Å². The number of aromatic amines is 1. The van der Waals surface area contributed by atoms with Crippen molar-refractivity contribution in [2.24, 2.45) is 5.92 Å². The van der Waals surface area contributed by atoms with Gasteiger partial charge >= 0.3 is 0 Å². The standard InChI is InChI=1S/C29H29BrN2O/c30-25-10-5-11-26-28(25)24-17-22-19-32(14-12-20-6-2-1-3-7-20)15-13-29(22,18-27(24)31-26)21-8-4-9-23(33)16-21/h1-11,16,22,31,33H,12-15,17-19H2. The topological polar surface area (TPSA) is 39.3 Å². The Bertz CT molecular complexity index is 1300. The van der Waals surface area contributed by atoms with Crippen molar-refractivity contribution in [3.05, 3.63) is 99.7 Å². The van der Waals surface area contributed by atoms with Gasteiger partial charge < -0.3 is 15.0 Å². The minimum atomic E-state index is 0.0579. The van der Waals surface area contributed by atoms with E-state index in [0.717, 1.165) is 45.3 Å². The summed E-state index contributed by atoms with van der Waals surface area (Å²) in [5.41, 5.74) is 6.83. The Morgan fingerprint density at radius 3 is 2.73 bits per heavy atom. The van der Waals surface area contributed by atoms with Crippen molar-refractivity contribution < 1.29 is 5.11 Å². The maximum atomic E-state index is 10.3. The first-order chi connectivity index (χ1) is 16.1. The van der Waals surface area contributed by atoms with E-state index in [1.54, 1.807) is 6.07 Å². The maximum absolute atomic E-state index is 10.3. The van der Waals surface area contributed by atoms with Crippen molar-refractivity contribution in [1.82, 2.24) is 9.88 Å². The van der Waals surface area contributed by atoms with Gasteiger partial charge in [-0.05, 0) is 79.1 Å². The number of H-pyrrole nitrogens is 1. The number of aromatic nitrogens is 1. The summed E-state index contributed by atoms with van der Waals surface area (Å²) >= 11 is 3.81. The highest BCUT2D eigenvalue weighted by atomic mass is 79.9. The van der Waals surface area contributed by atoms with Crippen molar-refractivity contribution in [3.8, 4) is 5.75 Å². The van der Waals surface area contributed by atoms with Gasteiger partial charge in [-0.2, -0.15) is 0 Å². The molecular weight excluding hydrogens is 472 g/mol. The second-order valence-electron chi connectivity index (χ2n) is 9.82. The van der Waals surface area contributed by atoms with Crippen LogP contribution >= 0.6 is 15.9 Å². The summed E-state index contributed by atoms with van der Waals surface area (Å²) in [4.78, 5) is 6.41. The molecule has 1 saturated heterocycles. The van der Waals surface area contributed by atoms with E-state index in [1.807, 2.05) is 12.1 Å². The molecule has 4 aromatic rings. The van der Waals surface area contributed by atoms with Crippen molar-refractivity contribution in [2.75, 3.05) is 19.6 Å². The number of phenols is 1. The Hall–Kier alpha value is -2.56. The minimum Gasteiger partial charge on any atom is -0.508 e. The summed E-state index contributed by atoms with van der Waals surface area (Å²) in [5, 5.41) is 11.7. The SMILES string of the molecule is Oc1cccc(C23CCN(CCc4ccccc4)CC2Cc2c([nH]c4cccc(Br)c24)C3)c1. The molecule has 1 fully saturated rings. The van der Waals surface area contributed by atoms with E-state index in [4.69, 9.17) is 0 Å². The summed E-state index contributed by atoms with van der Waals surface area (Å²) in [6, 6.07) is 25.3. The zero-order valence-corrected chi connectivity index (χ0v) is 20.3. The molecule has 33 heavy (non-hydrogen) atoms. The van der Waals surface area contributed by atoms with Crippen LogP contribution in [-0.2, 0) is 24.7 Å². The van der Waals surface area contributed by atoms with Crippen molar-refractivity contribution in [1.29, 1.82) is 0 Å². The van der Waals surface area contributed by atoms with Crippen LogP contribution in [0.25, 0.3) is 10.9 Å². The van der Waals surface area contributed by atoms with E-state index >= 15 is 0 Å². The first-order valence-electron chi connectivity index (χ1n) is 12.0. The third-order valence-corrected chi connectivity index (χ3v) is 8.68. The molecule has 0 bridgehead atoms. The Balaban J connectivity index is 1.36. The van der Waals surface area contributed by atoms with Gasteiger partial charge in [0.15, 0.2) is 0 Å². The molecule has 3 nitrogen and oxygen atoms in total. The van der Waals surface area contributed by atoms with Crippen LogP contribution in [0, 0.1) is 5.92 Å². The molecule has 0 spiro atoms. The molecule has 168 valence electrons. The highest BCUT2D eigenvalue weighted by molar-refractivity contribution is 9.10. The van der Waals surface area contributed by atoms with E-state index in [0.29, 0.717) is 11.7 Å². The van der Waals surface area contributed by atoms with Gasteiger partial charge in [-0.25, -0.2) is 0 Å². The van der Waals surface area contributed by atoms with Gasteiger partial charge in [0.1, 0.15) is 5.75 Å². The van der Waals surface area contributed by atoms with Gasteiger partial charge in [0.25, 0.3) is 0 Å². The molecule has 2 atom stereocenters. The second-order valence-corrected chi connectivity index (χ2v) is 10.7. The fourth-order valence-corrected chi connectivity index (χ4v) is 6.93. The molecule has 0 saturated carbocycles. The molecule has 1 aliphatic carbocycles. The lowest BCUT2D eigenvalue weighted by atomic mass is 9.58. The zero-order chi connectivity index (χ0) is 22.4. The number of fused-ring (bicyclic) bond motifs is 4. The zero-order valence-electron chi connectivity index (χ0n) is 18.7. The molecule has 1 aliphatic heterocycles. The van der Waals surface area contributed by atoms with Crippen LogP contribution in [0.5, 0.6) is 5.75 Å². The average Bonchev–Trinajstić information content (AvgIpc) is 3.20. The number of likely N-dealkylation sites (tertiary alicyclic amines) is 1. The lowest BCUT2D eigenvalue weighted by Crippen LogP contribution is -2.54. The first-order valence-corrected chi connectivity index (χ1v) is 12.8. The van der Waals surface area contributed by atoms with Gasteiger partial charge in [0.05, 0.1) is 0 Å². The van der Waals surface area contributed by atoms with Gasteiger partial charge in [-0.1, -0.05) is 64.5 Å². The fraction of sp³-hybridized carbons (Fsp3) is 0.310. The van der Waals surface area contributed by atoms with Crippen molar-refractivity contribution >= 4 is 26.8 Å². The predicted molar refractivity (Wildman–Crippen MR) is 138 cm³/mol. The lowest BCUT2D eigenvalue weighted by Gasteiger charge is -2.51. The number of hydrogen-bond acceptors (Lipinski definition) is 2. The summed E-state index contributed by atoms with van der Waals surface area (Å²) in [6.45, 7) is 3.29. The van der Waals surface area contributed by atoms with Crippen molar-refractivity contribution in [3.63, 3.8) is 0 Å². The van der Waals surface area contributed by atoms with E-state index in [-0.39, 0.29) is 5.41 Å². The van der Waals surface area contributed by atoms with Crippen LogP contribution in [0.15, 0.2) is 77.3 Å². The number of piperidine rings is 1. The monoisotopic (exact) mass is 500 g/mol. The molecule has 2 heterocycles. The molecule has 0 amide bonds. The number of hydrogen-bond donors (Lipinski definition) is 2. The molecule has 6 rings (SSSR count). The number of phenolic OH excluding ortho intramolecular Hbond substituents is 1. The van der Waals surface area contributed by atoms with Gasteiger partial charge in [0, 0.05) is 39.6 Å². The maximum Gasteiger partial charge on any atom is 0.115 e. The van der Waals surface area contributed by atoms with Crippen LogP contribution in [-0.4, -0.2) is 34.6 Å². The van der Waals surface area contributed by atoms with Crippen LogP contribution in [0.1, 0.15) is 28.8 Å². The molecular formula is C29H29BrN2O. The summed E-state index contributed by atoms with van der Waals surface area (Å²) in [5.74, 6) is 0.889. The first kappa shape index (κ1) is 21.0. The van der Waals surface area contributed by atoms with Gasteiger partial charge in [-0.3, -0.25) is 0 Å². The normalized spacial score (nSPS) is 22.8. The van der Waals surface area contributed by atoms with Gasteiger partial charge in [0.2, 0.25) is 0 Å². The summed E-state index contributed by atoms with van der Waals surface area (Å²) in [6.07, 6.45) is 4.28. The molecule has 2 aliphatic rings. The number of nitrogens with one attached hydrogen (secondary N) is 1. The molecule has 2 unspecified atom stereocenters. The predicted octanol–water partition coefficient (Wildman–Crippen LogP) is 6.24. The largest absolute Gasteiger partial charge is 0.508 e. The number of rotatable bonds is 4. The third kappa shape index (κ3) is 3.70. The Labute approximate surface area is 203 Å². The average molecular weight is 501 g/mol. The lowest BCUT2D eigenvalue weighted by molar-refractivity contribution is 0.0822. The number of nitrogens with zero attached hydrogens (tertiary/aromatic N) is 1.